The third-order valence-corrected chi connectivity index (χ3v) is 3.74. The molecule has 0 spiro atoms. The van der Waals surface area contributed by atoms with Crippen LogP contribution in [-0.2, 0) is 4.79 Å². The molecule has 2 rings (SSSR count). The first-order valence-electron chi connectivity index (χ1n) is 6.71. The molecule has 0 aliphatic heterocycles. The Morgan fingerprint density at radius 1 is 1.10 bits per heavy atom. The van der Waals surface area contributed by atoms with E-state index in [2.05, 4.69) is 0 Å². The van der Waals surface area contributed by atoms with Gasteiger partial charge in [-0.05, 0) is 31.0 Å². The summed E-state index contributed by atoms with van der Waals surface area (Å²) in [5.74, 6) is -0.0883. The first kappa shape index (κ1) is 14.6. The molecule has 2 aromatic rings. The Morgan fingerprint density at radius 3 is 2.30 bits per heavy atom. The molecule has 0 aromatic heterocycles. The highest BCUT2D eigenvalue weighted by Crippen LogP contribution is 2.27. The molecule has 1 amide bonds. The summed E-state index contributed by atoms with van der Waals surface area (Å²) in [5.41, 5.74) is 2.81. The van der Waals surface area contributed by atoms with Crippen molar-refractivity contribution >= 4 is 23.2 Å². The molecule has 0 heterocycles. The zero-order valence-electron chi connectivity index (χ0n) is 11.7. The number of nitrogens with zero attached hydrogens (tertiary/aromatic N) is 1. The van der Waals surface area contributed by atoms with E-state index >= 15 is 0 Å². The van der Waals surface area contributed by atoms with Crippen LogP contribution in [-0.4, -0.2) is 12.5 Å². The lowest BCUT2D eigenvalue weighted by Gasteiger charge is -2.25. The van der Waals surface area contributed by atoms with E-state index in [-0.39, 0.29) is 5.91 Å². The van der Waals surface area contributed by atoms with Gasteiger partial charge in [0.1, 0.15) is 5.38 Å². The highest BCUT2D eigenvalue weighted by Gasteiger charge is 2.24. The average molecular weight is 288 g/mol. The summed E-state index contributed by atoms with van der Waals surface area (Å²) < 4.78 is 0. The van der Waals surface area contributed by atoms with Gasteiger partial charge in [0, 0.05) is 12.2 Å². The summed E-state index contributed by atoms with van der Waals surface area (Å²) in [4.78, 5) is 14.4. The summed E-state index contributed by atoms with van der Waals surface area (Å²) in [7, 11) is 0. The maximum Gasteiger partial charge on any atom is 0.249 e. The molecule has 1 unspecified atom stereocenters. The first-order valence-corrected chi connectivity index (χ1v) is 7.14. The number of amides is 1. The van der Waals surface area contributed by atoms with Gasteiger partial charge in [-0.1, -0.05) is 48.5 Å². The van der Waals surface area contributed by atoms with Gasteiger partial charge in [-0.2, -0.15) is 0 Å². The van der Waals surface area contributed by atoms with Crippen molar-refractivity contribution in [3.63, 3.8) is 0 Å². The van der Waals surface area contributed by atoms with Crippen molar-refractivity contribution in [2.75, 3.05) is 11.4 Å². The molecule has 2 nitrogen and oxygen atoms in total. The molecule has 3 heteroatoms. The molecule has 20 heavy (non-hydrogen) atoms. The maximum absolute atomic E-state index is 12.6. The third kappa shape index (κ3) is 3.02. The molecule has 0 aliphatic carbocycles. The van der Waals surface area contributed by atoms with Crippen LogP contribution in [0.4, 0.5) is 5.69 Å². The van der Waals surface area contributed by atoms with Gasteiger partial charge in [0.15, 0.2) is 0 Å². The summed E-state index contributed by atoms with van der Waals surface area (Å²) in [6, 6.07) is 17.3. The number of para-hydroxylation sites is 1. The Balaban J connectivity index is 2.29. The lowest BCUT2D eigenvalue weighted by molar-refractivity contribution is -0.118. The predicted molar refractivity (Wildman–Crippen MR) is 84.2 cm³/mol. The fourth-order valence-corrected chi connectivity index (χ4v) is 2.48. The number of likely N-dealkylation sites (N-methyl/N-ethyl adjacent to an activating group) is 1. The van der Waals surface area contributed by atoms with E-state index < -0.39 is 5.38 Å². The number of carbonyl (C=O) groups excluding carboxylic acids is 1. The molecule has 0 bridgehead atoms. The van der Waals surface area contributed by atoms with Crippen LogP contribution in [0.5, 0.6) is 0 Å². The number of hydrogen-bond acceptors (Lipinski definition) is 1. The van der Waals surface area contributed by atoms with Crippen molar-refractivity contribution < 1.29 is 4.79 Å². The number of hydrogen-bond donors (Lipinski definition) is 0. The Kier molecular flexibility index (Phi) is 4.80. The number of alkyl halides is 1. The molecule has 1 atom stereocenters. The van der Waals surface area contributed by atoms with Gasteiger partial charge in [-0.25, -0.2) is 0 Å². The number of benzene rings is 2. The van der Waals surface area contributed by atoms with E-state index in [1.807, 2.05) is 68.4 Å². The van der Waals surface area contributed by atoms with Crippen molar-refractivity contribution in [1.82, 2.24) is 0 Å². The Morgan fingerprint density at radius 2 is 1.70 bits per heavy atom. The van der Waals surface area contributed by atoms with Crippen molar-refractivity contribution in [3.8, 4) is 0 Å². The number of aryl methyl sites for hydroxylation is 1. The van der Waals surface area contributed by atoms with Crippen molar-refractivity contribution in [2.24, 2.45) is 0 Å². The van der Waals surface area contributed by atoms with Crippen LogP contribution in [0.15, 0.2) is 54.6 Å². The van der Waals surface area contributed by atoms with E-state index in [0.717, 1.165) is 16.8 Å². The molecule has 2 aromatic carbocycles. The predicted octanol–water partition coefficient (Wildman–Crippen LogP) is 4.33. The van der Waals surface area contributed by atoms with Crippen LogP contribution in [0.25, 0.3) is 0 Å². The number of halogens is 1. The van der Waals surface area contributed by atoms with Crippen LogP contribution < -0.4 is 4.90 Å². The zero-order chi connectivity index (χ0) is 14.5. The van der Waals surface area contributed by atoms with Crippen LogP contribution in [0.1, 0.15) is 23.4 Å². The Labute approximate surface area is 125 Å². The monoisotopic (exact) mass is 287 g/mol. The second kappa shape index (κ2) is 6.58. The smallest absolute Gasteiger partial charge is 0.249 e. The molecule has 0 aliphatic rings. The maximum atomic E-state index is 12.6. The van der Waals surface area contributed by atoms with Crippen molar-refractivity contribution in [1.29, 1.82) is 0 Å². The SMILES string of the molecule is CCN(C(=O)C(Cl)c1ccccc1)c1ccccc1C. The lowest BCUT2D eigenvalue weighted by Crippen LogP contribution is -2.33. The zero-order valence-corrected chi connectivity index (χ0v) is 12.5. The number of anilines is 1. The summed E-state index contributed by atoms with van der Waals surface area (Å²) >= 11 is 6.34. The fraction of sp³-hybridized carbons (Fsp3) is 0.235. The Hall–Kier alpha value is -1.80. The van der Waals surface area contributed by atoms with E-state index in [4.69, 9.17) is 11.6 Å². The average Bonchev–Trinajstić information content (AvgIpc) is 2.50. The molecule has 0 N–H and O–H groups in total. The standard InChI is InChI=1S/C17H18ClNO/c1-3-19(15-12-8-7-9-13(15)2)17(20)16(18)14-10-5-4-6-11-14/h4-12,16H,3H2,1-2H3. The van der Waals surface area contributed by atoms with Crippen LogP contribution in [0.3, 0.4) is 0 Å². The van der Waals surface area contributed by atoms with E-state index in [0.29, 0.717) is 6.54 Å². The summed E-state index contributed by atoms with van der Waals surface area (Å²) in [6.07, 6.45) is 0. The molecule has 0 fully saturated rings. The van der Waals surface area contributed by atoms with Gasteiger partial charge in [0.05, 0.1) is 0 Å². The fourth-order valence-electron chi connectivity index (χ4n) is 2.21. The van der Waals surface area contributed by atoms with Gasteiger partial charge < -0.3 is 4.90 Å². The molecular weight excluding hydrogens is 270 g/mol. The normalized spacial score (nSPS) is 11.9. The minimum absolute atomic E-state index is 0.0883. The van der Waals surface area contributed by atoms with E-state index in [1.54, 1.807) is 4.90 Å². The van der Waals surface area contributed by atoms with Gasteiger partial charge >= 0.3 is 0 Å². The Bertz CT molecular complexity index is 583. The van der Waals surface area contributed by atoms with E-state index in [9.17, 15) is 4.79 Å². The largest absolute Gasteiger partial charge is 0.311 e. The minimum Gasteiger partial charge on any atom is -0.311 e. The molecule has 104 valence electrons. The lowest BCUT2D eigenvalue weighted by atomic mass is 10.1. The minimum atomic E-state index is -0.657. The summed E-state index contributed by atoms with van der Waals surface area (Å²) in [5, 5.41) is -0.657. The third-order valence-electron chi connectivity index (χ3n) is 3.30. The quantitative estimate of drug-likeness (QED) is 0.767. The summed E-state index contributed by atoms with van der Waals surface area (Å²) in [6.45, 7) is 4.55. The highest BCUT2D eigenvalue weighted by molar-refractivity contribution is 6.32. The van der Waals surface area contributed by atoms with Crippen LogP contribution >= 0.6 is 11.6 Å². The first-order chi connectivity index (χ1) is 9.65. The second-order valence-electron chi connectivity index (χ2n) is 4.64. The van der Waals surface area contributed by atoms with Crippen molar-refractivity contribution in [3.05, 3.63) is 65.7 Å². The van der Waals surface area contributed by atoms with Gasteiger partial charge in [-0.3, -0.25) is 4.79 Å². The second-order valence-corrected chi connectivity index (χ2v) is 5.08. The van der Waals surface area contributed by atoms with Crippen LogP contribution in [0.2, 0.25) is 0 Å². The number of carbonyl (C=O) groups is 1. The molecule has 0 saturated carbocycles. The molecule has 0 saturated heterocycles. The molecular formula is C17H18ClNO. The van der Waals surface area contributed by atoms with E-state index in [1.165, 1.54) is 0 Å². The van der Waals surface area contributed by atoms with Gasteiger partial charge in [-0.15, -0.1) is 11.6 Å². The topological polar surface area (TPSA) is 20.3 Å². The van der Waals surface area contributed by atoms with Crippen molar-refractivity contribution in [2.45, 2.75) is 19.2 Å². The molecule has 0 radical (unpaired) electrons. The van der Waals surface area contributed by atoms with Gasteiger partial charge in [0.25, 0.3) is 0 Å². The highest BCUT2D eigenvalue weighted by atomic mass is 35.5. The number of rotatable bonds is 4. The van der Waals surface area contributed by atoms with Crippen LogP contribution in [0, 0.1) is 6.92 Å². The van der Waals surface area contributed by atoms with Gasteiger partial charge in [0.2, 0.25) is 5.91 Å².